The Bertz CT molecular complexity index is 841. The van der Waals surface area contributed by atoms with Crippen molar-refractivity contribution in [3.63, 3.8) is 0 Å². The molecule has 0 radical (unpaired) electrons. The van der Waals surface area contributed by atoms with E-state index in [1.807, 2.05) is 0 Å². The molecule has 0 spiro atoms. The number of hydrogen-bond donors (Lipinski definition) is 0. The minimum atomic E-state index is -0.898. The summed E-state index contributed by atoms with van der Waals surface area (Å²) in [5.74, 6) is -3.37. The van der Waals surface area contributed by atoms with Crippen LogP contribution < -0.4 is 4.90 Å². The molecular formula is C18H15F3N2O2. The van der Waals surface area contributed by atoms with Crippen LogP contribution >= 0.6 is 0 Å². The smallest absolute Gasteiger partial charge is 0.257 e. The molecule has 2 aromatic rings. The van der Waals surface area contributed by atoms with E-state index in [-0.39, 0.29) is 24.3 Å². The lowest BCUT2D eigenvalue weighted by molar-refractivity contribution is -0.124. The third-order valence-corrected chi connectivity index (χ3v) is 4.22. The molecule has 4 nitrogen and oxygen atoms in total. The molecule has 130 valence electrons. The Morgan fingerprint density at radius 1 is 1.04 bits per heavy atom. The first-order valence-corrected chi connectivity index (χ1v) is 7.72. The molecule has 1 atom stereocenters. The molecule has 1 aliphatic rings. The van der Waals surface area contributed by atoms with Gasteiger partial charge in [-0.25, -0.2) is 13.2 Å². The van der Waals surface area contributed by atoms with Gasteiger partial charge in [0.2, 0.25) is 5.91 Å². The van der Waals surface area contributed by atoms with E-state index in [0.29, 0.717) is 6.07 Å². The molecular weight excluding hydrogens is 333 g/mol. The van der Waals surface area contributed by atoms with E-state index in [0.717, 1.165) is 6.07 Å². The first-order chi connectivity index (χ1) is 11.9. The van der Waals surface area contributed by atoms with Gasteiger partial charge in [0.1, 0.15) is 23.5 Å². The van der Waals surface area contributed by atoms with Crippen molar-refractivity contribution in [1.82, 2.24) is 4.90 Å². The highest BCUT2D eigenvalue weighted by Crippen LogP contribution is 2.25. The summed E-state index contributed by atoms with van der Waals surface area (Å²) in [4.78, 5) is 27.5. The maximum Gasteiger partial charge on any atom is 0.257 e. The van der Waals surface area contributed by atoms with Gasteiger partial charge in [-0.05, 0) is 31.2 Å². The minimum Gasteiger partial charge on any atom is -0.325 e. The number of piperazine rings is 1. The Labute approximate surface area is 142 Å². The fourth-order valence-corrected chi connectivity index (χ4v) is 2.88. The lowest BCUT2D eigenvalue weighted by Crippen LogP contribution is -2.58. The molecule has 0 bridgehead atoms. The van der Waals surface area contributed by atoms with Gasteiger partial charge in [-0.15, -0.1) is 0 Å². The Hall–Kier alpha value is -2.83. The number of anilines is 1. The average Bonchev–Trinajstić information content (AvgIpc) is 2.58. The van der Waals surface area contributed by atoms with E-state index in [9.17, 15) is 22.8 Å². The Morgan fingerprint density at radius 2 is 1.76 bits per heavy atom. The normalized spacial score (nSPS) is 17.8. The third-order valence-electron chi connectivity index (χ3n) is 4.22. The van der Waals surface area contributed by atoms with Gasteiger partial charge >= 0.3 is 0 Å². The fraction of sp³-hybridized carbons (Fsp3) is 0.222. The third kappa shape index (κ3) is 3.09. The second kappa shape index (κ2) is 6.58. The van der Waals surface area contributed by atoms with Gasteiger partial charge in [-0.3, -0.25) is 9.59 Å². The zero-order valence-electron chi connectivity index (χ0n) is 13.4. The Morgan fingerprint density at radius 3 is 2.44 bits per heavy atom. The molecule has 25 heavy (non-hydrogen) atoms. The van der Waals surface area contributed by atoms with E-state index in [2.05, 4.69) is 0 Å². The van der Waals surface area contributed by atoms with Gasteiger partial charge in [0.05, 0.1) is 11.3 Å². The van der Waals surface area contributed by atoms with Gasteiger partial charge in [0.15, 0.2) is 0 Å². The second-order valence-corrected chi connectivity index (χ2v) is 5.74. The Kier molecular flexibility index (Phi) is 4.48. The molecule has 1 fully saturated rings. The molecule has 7 heteroatoms. The van der Waals surface area contributed by atoms with E-state index < -0.39 is 35.3 Å². The SMILES string of the molecule is C[C@H]1C(=O)N(c2ccc(F)cc2F)CCN1C(=O)c1ccccc1F. The van der Waals surface area contributed by atoms with Crippen LogP contribution in [0.25, 0.3) is 0 Å². The summed E-state index contributed by atoms with van der Waals surface area (Å²) < 4.78 is 40.8. The van der Waals surface area contributed by atoms with Crippen molar-refractivity contribution >= 4 is 17.5 Å². The maximum atomic E-state index is 13.9. The maximum absolute atomic E-state index is 13.9. The molecule has 0 N–H and O–H groups in total. The van der Waals surface area contributed by atoms with Crippen molar-refractivity contribution in [2.45, 2.75) is 13.0 Å². The predicted octanol–water partition coefficient (Wildman–Crippen LogP) is 2.98. The van der Waals surface area contributed by atoms with Crippen LogP contribution in [-0.2, 0) is 4.79 Å². The van der Waals surface area contributed by atoms with Gasteiger partial charge < -0.3 is 9.80 Å². The molecule has 0 aromatic heterocycles. The van der Waals surface area contributed by atoms with Gasteiger partial charge in [-0.1, -0.05) is 12.1 Å². The quantitative estimate of drug-likeness (QED) is 0.837. The molecule has 2 amide bonds. The van der Waals surface area contributed by atoms with Crippen LogP contribution in [0.1, 0.15) is 17.3 Å². The van der Waals surface area contributed by atoms with Crippen LogP contribution in [0, 0.1) is 17.5 Å². The van der Waals surface area contributed by atoms with Crippen molar-refractivity contribution in [3.8, 4) is 0 Å². The highest BCUT2D eigenvalue weighted by molar-refractivity contribution is 6.03. The lowest BCUT2D eigenvalue weighted by atomic mass is 10.1. The van der Waals surface area contributed by atoms with Gasteiger partial charge in [0.25, 0.3) is 5.91 Å². The summed E-state index contributed by atoms with van der Waals surface area (Å²) in [5.41, 5.74) is -0.167. The first-order valence-electron chi connectivity index (χ1n) is 7.72. The molecule has 0 unspecified atom stereocenters. The van der Waals surface area contributed by atoms with Crippen molar-refractivity contribution in [3.05, 3.63) is 65.5 Å². The van der Waals surface area contributed by atoms with Crippen LogP contribution in [0.2, 0.25) is 0 Å². The van der Waals surface area contributed by atoms with E-state index in [4.69, 9.17) is 0 Å². The van der Waals surface area contributed by atoms with Crippen molar-refractivity contribution in [2.24, 2.45) is 0 Å². The largest absolute Gasteiger partial charge is 0.325 e. The van der Waals surface area contributed by atoms with Crippen molar-refractivity contribution in [2.75, 3.05) is 18.0 Å². The van der Waals surface area contributed by atoms with Crippen molar-refractivity contribution < 1.29 is 22.8 Å². The van der Waals surface area contributed by atoms with Crippen LogP contribution in [0.5, 0.6) is 0 Å². The van der Waals surface area contributed by atoms with Gasteiger partial charge in [-0.2, -0.15) is 0 Å². The molecule has 1 aliphatic heterocycles. The molecule has 2 aromatic carbocycles. The topological polar surface area (TPSA) is 40.6 Å². The van der Waals surface area contributed by atoms with Crippen LogP contribution in [-0.4, -0.2) is 35.8 Å². The number of nitrogens with zero attached hydrogens (tertiary/aromatic N) is 2. The number of carbonyl (C=O) groups is 2. The number of rotatable bonds is 2. The molecule has 1 saturated heterocycles. The summed E-state index contributed by atoms with van der Waals surface area (Å²) in [5, 5.41) is 0. The summed E-state index contributed by atoms with van der Waals surface area (Å²) >= 11 is 0. The number of carbonyl (C=O) groups excluding carboxylic acids is 2. The predicted molar refractivity (Wildman–Crippen MR) is 85.6 cm³/mol. The molecule has 3 rings (SSSR count). The molecule has 1 heterocycles. The lowest BCUT2D eigenvalue weighted by Gasteiger charge is -2.39. The monoisotopic (exact) mass is 348 g/mol. The number of halogens is 3. The zero-order valence-corrected chi connectivity index (χ0v) is 13.4. The number of amides is 2. The van der Waals surface area contributed by atoms with Crippen LogP contribution in [0.3, 0.4) is 0 Å². The highest BCUT2D eigenvalue weighted by Gasteiger charge is 2.36. The standard InChI is InChI=1S/C18H15F3N2O2/c1-11-17(24)23(16-7-6-12(19)10-15(16)21)9-8-22(11)18(25)13-4-2-3-5-14(13)20/h2-7,10-11H,8-9H2,1H3/t11-/m0/s1. The molecule has 0 aliphatic carbocycles. The minimum absolute atomic E-state index is 0.0336. The number of hydrogen-bond acceptors (Lipinski definition) is 2. The first kappa shape index (κ1) is 17.0. The fourth-order valence-electron chi connectivity index (χ4n) is 2.88. The Balaban J connectivity index is 1.84. The van der Waals surface area contributed by atoms with Crippen LogP contribution in [0.4, 0.5) is 18.9 Å². The summed E-state index contributed by atoms with van der Waals surface area (Å²) in [7, 11) is 0. The zero-order chi connectivity index (χ0) is 18.1. The van der Waals surface area contributed by atoms with E-state index >= 15 is 0 Å². The van der Waals surface area contributed by atoms with E-state index in [1.54, 1.807) is 0 Å². The van der Waals surface area contributed by atoms with E-state index in [1.165, 1.54) is 47.1 Å². The van der Waals surface area contributed by atoms with Crippen molar-refractivity contribution in [1.29, 1.82) is 0 Å². The summed E-state index contributed by atoms with van der Waals surface area (Å²) in [6.45, 7) is 1.64. The number of benzene rings is 2. The average molecular weight is 348 g/mol. The second-order valence-electron chi connectivity index (χ2n) is 5.74. The molecule has 0 saturated carbocycles. The highest BCUT2D eigenvalue weighted by atomic mass is 19.1. The van der Waals surface area contributed by atoms with Crippen LogP contribution in [0.15, 0.2) is 42.5 Å². The summed E-state index contributed by atoms with van der Waals surface area (Å²) in [6, 6.07) is 7.57. The van der Waals surface area contributed by atoms with Gasteiger partial charge in [0, 0.05) is 19.2 Å². The summed E-state index contributed by atoms with van der Waals surface area (Å²) in [6.07, 6.45) is 0.